The highest BCUT2D eigenvalue weighted by Crippen LogP contribution is 2.26. The van der Waals surface area contributed by atoms with Gasteiger partial charge in [0, 0.05) is 19.3 Å². The maximum Gasteiger partial charge on any atom is 0.390 e. The van der Waals surface area contributed by atoms with Crippen molar-refractivity contribution in [3.8, 4) is 5.75 Å². The van der Waals surface area contributed by atoms with Crippen LogP contribution in [-0.2, 0) is 0 Å². The molecule has 1 aromatic rings. The van der Waals surface area contributed by atoms with E-state index in [2.05, 4.69) is 0 Å². The molecule has 0 bridgehead atoms. The number of nitrogens with two attached hydrogens (primary N) is 1. The lowest BCUT2D eigenvalue weighted by atomic mass is 10.1. The molecular formula is C13H17F3N2O2. The summed E-state index contributed by atoms with van der Waals surface area (Å²) in [7, 11) is 1.30. The molecule has 0 spiro atoms. The van der Waals surface area contributed by atoms with E-state index in [9.17, 15) is 18.0 Å². The van der Waals surface area contributed by atoms with Gasteiger partial charge in [0.1, 0.15) is 11.3 Å². The molecule has 0 aliphatic rings. The fourth-order valence-corrected chi connectivity index (χ4v) is 1.64. The van der Waals surface area contributed by atoms with Gasteiger partial charge in [-0.05, 0) is 19.1 Å². The normalized spacial score (nSPS) is 11.2. The van der Waals surface area contributed by atoms with E-state index in [1.165, 1.54) is 13.1 Å². The Morgan fingerprint density at radius 1 is 1.40 bits per heavy atom. The van der Waals surface area contributed by atoms with Crippen molar-refractivity contribution < 1.29 is 22.7 Å². The summed E-state index contributed by atoms with van der Waals surface area (Å²) in [5.41, 5.74) is 6.00. The monoisotopic (exact) mass is 290 g/mol. The molecule has 20 heavy (non-hydrogen) atoms. The summed E-state index contributed by atoms with van der Waals surface area (Å²) >= 11 is 0. The minimum absolute atomic E-state index is 0.0963. The van der Waals surface area contributed by atoms with Crippen molar-refractivity contribution in [2.24, 2.45) is 0 Å². The van der Waals surface area contributed by atoms with E-state index in [1.807, 2.05) is 0 Å². The van der Waals surface area contributed by atoms with E-state index in [4.69, 9.17) is 10.5 Å². The van der Waals surface area contributed by atoms with Crippen molar-refractivity contribution in [1.82, 2.24) is 4.90 Å². The molecule has 0 unspecified atom stereocenters. The van der Waals surface area contributed by atoms with Crippen LogP contribution in [0, 0.1) is 0 Å². The maximum atomic E-state index is 12.2. The van der Waals surface area contributed by atoms with Crippen LogP contribution in [0.5, 0.6) is 5.75 Å². The highest BCUT2D eigenvalue weighted by molar-refractivity contribution is 6.01. The Balaban J connectivity index is 2.91. The number of rotatable bonds is 5. The first-order valence-electron chi connectivity index (χ1n) is 6.09. The third kappa shape index (κ3) is 4.32. The summed E-state index contributed by atoms with van der Waals surface area (Å²) < 4.78 is 41.8. The number of benzene rings is 1. The standard InChI is InChI=1S/C13H17F3N2O2/c1-3-20-10-6-4-5-9(17)11(10)12(19)18(2)8-7-13(14,15)16/h4-6H,3,7-8,17H2,1-2H3. The van der Waals surface area contributed by atoms with Crippen LogP contribution in [0.3, 0.4) is 0 Å². The van der Waals surface area contributed by atoms with Crippen LogP contribution in [-0.4, -0.2) is 37.2 Å². The number of carbonyl (C=O) groups is 1. The molecule has 1 aromatic carbocycles. The lowest BCUT2D eigenvalue weighted by Crippen LogP contribution is -2.31. The van der Waals surface area contributed by atoms with Crippen LogP contribution in [0.25, 0.3) is 0 Å². The minimum Gasteiger partial charge on any atom is -0.493 e. The molecule has 0 fully saturated rings. The van der Waals surface area contributed by atoms with Crippen LogP contribution >= 0.6 is 0 Å². The lowest BCUT2D eigenvalue weighted by molar-refractivity contribution is -0.136. The van der Waals surface area contributed by atoms with E-state index < -0.39 is 25.0 Å². The summed E-state index contributed by atoms with van der Waals surface area (Å²) in [6.45, 7) is 1.64. The van der Waals surface area contributed by atoms with Crippen molar-refractivity contribution in [3.63, 3.8) is 0 Å². The maximum absolute atomic E-state index is 12.2. The third-order valence-electron chi connectivity index (χ3n) is 2.65. The Morgan fingerprint density at radius 3 is 2.60 bits per heavy atom. The van der Waals surface area contributed by atoms with Gasteiger partial charge in [0.05, 0.1) is 13.0 Å². The topological polar surface area (TPSA) is 55.6 Å². The van der Waals surface area contributed by atoms with Crippen LogP contribution in [0.1, 0.15) is 23.7 Å². The molecule has 1 amide bonds. The van der Waals surface area contributed by atoms with Gasteiger partial charge in [0.2, 0.25) is 0 Å². The van der Waals surface area contributed by atoms with Crippen LogP contribution in [0.15, 0.2) is 18.2 Å². The number of nitrogens with zero attached hydrogens (tertiary/aromatic N) is 1. The molecular weight excluding hydrogens is 273 g/mol. The molecule has 7 heteroatoms. The molecule has 0 radical (unpaired) electrons. The Bertz CT molecular complexity index is 475. The summed E-state index contributed by atoms with van der Waals surface area (Å²) in [4.78, 5) is 13.2. The third-order valence-corrected chi connectivity index (χ3v) is 2.65. The Morgan fingerprint density at radius 2 is 2.05 bits per heavy atom. The summed E-state index contributed by atoms with van der Waals surface area (Å²) in [5.74, 6) is -0.313. The zero-order valence-electron chi connectivity index (χ0n) is 11.3. The van der Waals surface area contributed by atoms with Crippen molar-refractivity contribution in [2.75, 3.05) is 25.9 Å². The van der Waals surface area contributed by atoms with Crippen LogP contribution in [0.4, 0.5) is 18.9 Å². The molecule has 112 valence electrons. The van der Waals surface area contributed by atoms with Gasteiger partial charge in [-0.15, -0.1) is 0 Å². The largest absolute Gasteiger partial charge is 0.493 e. The first-order chi connectivity index (χ1) is 9.26. The molecule has 0 aliphatic carbocycles. The Labute approximate surface area is 115 Å². The molecule has 0 aromatic heterocycles. The molecule has 0 saturated carbocycles. The van der Waals surface area contributed by atoms with Crippen molar-refractivity contribution in [1.29, 1.82) is 0 Å². The number of hydrogen-bond acceptors (Lipinski definition) is 3. The SMILES string of the molecule is CCOc1cccc(N)c1C(=O)N(C)CCC(F)(F)F. The first kappa shape index (κ1) is 16.1. The summed E-state index contributed by atoms with van der Waals surface area (Å²) in [6.07, 6.45) is -5.37. The number of ether oxygens (including phenoxy) is 1. The van der Waals surface area contributed by atoms with Gasteiger partial charge in [-0.2, -0.15) is 13.2 Å². The molecule has 2 N–H and O–H groups in total. The van der Waals surface area contributed by atoms with E-state index in [1.54, 1.807) is 19.1 Å². The van der Waals surface area contributed by atoms with Crippen molar-refractivity contribution in [3.05, 3.63) is 23.8 Å². The number of hydrogen-bond donors (Lipinski definition) is 1. The number of alkyl halides is 3. The van der Waals surface area contributed by atoms with Gasteiger partial charge in [-0.25, -0.2) is 0 Å². The van der Waals surface area contributed by atoms with E-state index in [0.29, 0.717) is 6.61 Å². The molecule has 4 nitrogen and oxygen atoms in total. The number of carbonyl (C=O) groups excluding carboxylic acids is 1. The van der Waals surface area contributed by atoms with Crippen LogP contribution < -0.4 is 10.5 Å². The summed E-state index contributed by atoms with van der Waals surface area (Å²) in [5, 5.41) is 0. The number of anilines is 1. The van der Waals surface area contributed by atoms with E-state index in [-0.39, 0.29) is 17.0 Å². The minimum atomic E-state index is -4.31. The average Bonchev–Trinajstić information content (AvgIpc) is 2.35. The highest BCUT2D eigenvalue weighted by Gasteiger charge is 2.29. The average molecular weight is 290 g/mol. The predicted octanol–water partition coefficient (Wildman–Crippen LogP) is 2.69. The number of amides is 1. The van der Waals surface area contributed by atoms with Crippen molar-refractivity contribution >= 4 is 11.6 Å². The summed E-state index contributed by atoms with van der Waals surface area (Å²) in [6, 6.07) is 4.69. The highest BCUT2D eigenvalue weighted by atomic mass is 19.4. The molecule has 1 rings (SSSR count). The zero-order valence-corrected chi connectivity index (χ0v) is 11.3. The molecule has 0 saturated heterocycles. The first-order valence-corrected chi connectivity index (χ1v) is 6.09. The predicted molar refractivity (Wildman–Crippen MR) is 69.7 cm³/mol. The fraction of sp³-hybridized carbons (Fsp3) is 0.462. The van der Waals surface area contributed by atoms with Crippen LogP contribution in [0.2, 0.25) is 0 Å². The quantitative estimate of drug-likeness (QED) is 0.848. The zero-order chi connectivity index (χ0) is 15.3. The van der Waals surface area contributed by atoms with E-state index >= 15 is 0 Å². The van der Waals surface area contributed by atoms with Gasteiger partial charge in [0.15, 0.2) is 0 Å². The molecule has 0 aliphatic heterocycles. The Kier molecular flexibility index (Phi) is 5.24. The smallest absolute Gasteiger partial charge is 0.390 e. The molecule has 0 heterocycles. The lowest BCUT2D eigenvalue weighted by Gasteiger charge is -2.20. The van der Waals surface area contributed by atoms with Gasteiger partial charge in [0.25, 0.3) is 5.91 Å². The second kappa shape index (κ2) is 6.49. The van der Waals surface area contributed by atoms with E-state index in [0.717, 1.165) is 4.90 Å². The second-order valence-electron chi connectivity index (χ2n) is 4.25. The fourth-order valence-electron chi connectivity index (χ4n) is 1.64. The van der Waals surface area contributed by atoms with Gasteiger partial charge < -0.3 is 15.4 Å². The number of halogens is 3. The molecule has 0 atom stereocenters. The van der Waals surface area contributed by atoms with Gasteiger partial charge >= 0.3 is 6.18 Å². The van der Waals surface area contributed by atoms with Gasteiger partial charge in [-0.1, -0.05) is 6.07 Å². The van der Waals surface area contributed by atoms with Crippen molar-refractivity contribution in [2.45, 2.75) is 19.5 Å². The Hall–Kier alpha value is -1.92. The second-order valence-corrected chi connectivity index (χ2v) is 4.25. The number of nitrogen functional groups attached to an aromatic ring is 1. The van der Waals surface area contributed by atoms with Gasteiger partial charge in [-0.3, -0.25) is 4.79 Å².